The molecule has 42 nitrogen and oxygen atoms in total. The van der Waals surface area contributed by atoms with Crippen molar-refractivity contribution in [3.05, 3.63) is 179 Å². The normalized spacial score (nSPS) is 25.3. The molecule has 130 heavy (non-hydrogen) atoms. The van der Waals surface area contributed by atoms with E-state index in [1.54, 1.807) is 44.3 Å². The van der Waals surface area contributed by atoms with Gasteiger partial charge < -0.3 is 128 Å². The van der Waals surface area contributed by atoms with Crippen LogP contribution < -0.4 is 84.3 Å². The number of aliphatic hydroxyl groups excluding tert-OH is 6. The number of anilines is 1. The Labute approximate surface area is 757 Å². The lowest BCUT2D eigenvalue weighted by Gasteiger charge is -2.48. The fourth-order valence-corrected chi connectivity index (χ4v) is 15.8. The van der Waals surface area contributed by atoms with Crippen LogP contribution in [0.2, 0.25) is 20.1 Å². The van der Waals surface area contributed by atoms with E-state index in [-0.39, 0.29) is 53.8 Å². The number of hydrogen-bond acceptors (Lipinski definition) is 31. The number of rotatable bonds is 23. The summed E-state index contributed by atoms with van der Waals surface area (Å²) < 4.78 is 40.6. The van der Waals surface area contributed by atoms with Gasteiger partial charge in [-0.1, -0.05) is 84.5 Å². The molecule has 7 aliphatic heterocycles. The molecule has 0 saturated carbocycles. The summed E-state index contributed by atoms with van der Waals surface area (Å²) in [7, 11) is 1.45. The molecular formula is C84H89Cl4N15O27. The lowest BCUT2D eigenvalue weighted by molar-refractivity contribution is -0.334. The lowest BCUT2D eigenvalue weighted by atomic mass is 9.85. The number of nitrogens with one attached hydrogen (secondary N) is 11. The number of ether oxygens (including phenoxy) is 6. The second-order valence-electron chi connectivity index (χ2n) is 31.4. The molecule has 690 valence electrons. The number of phenols is 3. The number of nitriles is 1. The summed E-state index contributed by atoms with van der Waals surface area (Å²) in [4.78, 5) is 168. The Hall–Kier alpha value is -12.4. The molecule has 8 heterocycles. The molecule has 1 aromatic heterocycles. The smallest absolute Gasteiger partial charge is 0.349 e. The van der Waals surface area contributed by atoms with E-state index in [9.17, 15) is 74.7 Å². The molecule has 0 radical (unpaired) electrons. The zero-order valence-corrected chi connectivity index (χ0v) is 72.2. The van der Waals surface area contributed by atoms with Crippen molar-refractivity contribution in [1.29, 1.82) is 5.26 Å². The molecule has 0 spiro atoms. The number of likely N-dealkylation sites (N-methyl/N-ethyl adjacent to an activating group) is 1. The van der Waals surface area contributed by atoms with Gasteiger partial charge in [-0.2, -0.15) is 10.2 Å². The van der Waals surface area contributed by atoms with Crippen molar-refractivity contribution in [2.24, 2.45) is 11.7 Å². The molecule has 14 rings (SSSR count). The summed E-state index contributed by atoms with van der Waals surface area (Å²) in [6, 6.07) is 4.58. The van der Waals surface area contributed by atoms with Crippen molar-refractivity contribution in [2.45, 2.75) is 163 Å². The van der Waals surface area contributed by atoms with Gasteiger partial charge in [0.2, 0.25) is 59.3 Å². The van der Waals surface area contributed by atoms with Crippen LogP contribution in [0.15, 0.2) is 120 Å². The van der Waals surface area contributed by atoms with Crippen LogP contribution in [0.25, 0.3) is 17.2 Å². The molecule has 46 heteroatoms. The zero-order valence-electron chi connectivity index (χ0n) is 69.2. The number of aromatic nitrogens is 2. The van der Waals surface area contributed by atoms with E-state index in [0.717, 1.165) is 72.8 Å². The first-order valence-electron chi connectivity index (χ1n) is 40.0. The molecule has 7 aromatic rings. The van der Waals surface area contributed by atoms with Gasteiger partial charge in [-0.25, -0.2) is 10.3 Å². The topological polar surface area (TPSA) is 634 Å². The Bertz CT molecular complexity index is 5690. The van der Waals surface area contributed by atoms with Gasteiger partial charge in [0, 0.05) is 54.5 Å². The Balaban J connectivity index is 0.993. The Morgan fingerprint density at radius 2 is 1.39 bits per heavy atom. The van der Waals surface area contributed by atoms with Gasteiger partial charge in [0.15, 0.2) is 36.7 Å². The Kier molecular flexibility index (Phi) is 30.9. The summed E-state index contributed by atoms with van der Waals surface area (Å²) in [5.74, 6) is -18.3. The minimum atomic E-state index is -2.44. The second-order valence-corrected chi connectivity index (χ2v) is 33.0. The van der Waals surface area contributed by atoms with E-state index in [4.69, 9.17) is 90.7 Å². The first-order valence-corrected chi connectivity index (χ1v) is 41.6. The maximum Gasteiger partial charge on any atom is 0.349 e. The first kappa shape index (κ1) is 96.7. The number of hydroxylamine groups is 1. The fraction of sp³-hybridized carbons (Fsp3) is 0.369. The number of nitrogens with two attached hydrogens (primary N) is 1. The third-order valence-electron chi connectivity index (χ3n) is 21.7. The van der Waals surface area contributed by atoms with Crippen LogP contribution in [-0.4, -0.2) is 220 Å². The van der Waals surface area contributed by atoms with Gasteiger partial charge in [0.25, 0.3) is 11.8 Å². The van der Waals surface area contributed by atoms with E-state index < -0.39 is 277 Å². The number of amides is 10. The predicted octanol–water partition coefficient (Wildman–Crippen LogP) is 1.51. The van der Waals surface area contributed by atoms with Crippen LogP contribution in [0.4, 0.5) is 5.82 Å². The van der Waals surface area contributed by atoms with Crippen molar-refractivity contribution >= 4 is 117 Å². The Morgan fingerprint density at radius 1 is 0.731 bits per heavy atom. The number of primary amides is 1. The van der Waals surface area contributed by atoms with E-state index in [2.05, 4.69) is 52.8 Å². The number of benzene rings is 6. The van der Waals surface area contributed by atoms with Crippen LogP contribution in [0.3, 0.4) is 0 Å². The van der Waals surface area contributed by atoms with E-state index in [1.807, 2.05) is 5.48 Å². The summed E-state index contributed by atoms with van der Waals surface area (Å²) in [6.45, 7) is 4.44. The summed E-state index contributed by atoms with van der Waals surface area (Å²) in [5, 5.41) is 141. The zero-order chi connectivity index (χ0) is 94.2. The maximum atomic E-state index is 16.4. The van der Waals surface area contributed by atoms with Gasteiger partial charge in [0.05, 0.1) is 51.4 Å². The molecule has 6 aromatic carbocycles. The van der Waals surface area contributed by atoms with Crippen LogP contribution in [0.1, 0.15) is 111 Å². The largest absolute Gasteiger partial charge is 0.508 e. The minimum absolute atomic E-state index is 0.0595. The molecule has 0 aliphatic carbocycles. The van der Waals surface area contributed by atoms with E-state index >= 15 is 24.0 Å². The second kappa shape index (κ2) is 41.6. The molecule has 2 saturated heterocycles. The van der Waals surface area contributed by atoms with Crippen LogP contribution in [0, 0.1) is 17.4 Å². The van der Waals surface area contributed by atoms with Crippen molar-refractivity contribution in [3.63, 3.8) is 0 Å². The number of aliphatic hydroxyl groups is 6. The standard InChI is InChI=1S/C84H89Cl4N15O27/c1-34(2)20-48(91-5)75(116)100-66-68(111)38-9-13-52(46(87)23-38)126-54-25-40-26-55(72(54)130-82-73(71(114)70(113)56(31-104)128-82)129-61-30-84(4,74(115)35(3)125-61)93-17-19-103-18-16-58(96-83(103)123)95-59(109)15-7-36-6-11-44(85)45(86)21-36)127-53-14-10-39(24-47(53)88)69(112)67-80(121)99-65(81(122)102-124-32-60(110)92-33-89)43-27-41(105)28-51(107)62(43)42-22-37(8-12-50(42)106)63(77(118)101-67)98-78(119)64(40)97-76(117)49(29-57(90)108)94-79(66)120/h6-16,18,21-28,34-35,48-49,56,61,63-71,73-74,82,91,93,104-107,111-115H,17,19-20,29-32H2,1-5H3,(H2,90,108)(H,92,110)(H,94,120)(H,97,117)(H,98,119)(H,99,121)(H,100,116)(H,101,118)(H,102,122)(H,95,96,109,123)/t35-,48+,49-,56+,61-,63+,64+,65+,66+,67-,68+,69+,70+,71-,73+,74+,82-,84-/m0/s1. The van der Waals surface area contributed by atoms with Gasteiger partial charge >= 0.3 is 5.69 Å². The number of carbonyl (C=O) groups excluding carboxylic acids is 10. The number of halogens is 4. The molecule has 2 fully saturated rings. The minimum Gasteiger partial charge on any atom is -0.508 e. The van der Waals surface area contributed by atoms with Crippen molar-refractivity contribution < 1.29 is 127 Å². The van der Waals surface area contributed by atoms with Gasteiger partial charge in [-0.3, -0.25) is 62.7 Å². The summed E-state index contributed by atoms with van der Waals surface area (Å²) in [5.41, 5.74) is 2.86. The van der Waals surface area contributed by atoms with Crippen LogP contribution in [-0.2, 0) is 73.5 Å². The first-order chi connectivity index (χ1) is 61.7. The van der Waals surface area contributed by atoms with Crippen LogP contribution in [0.5, 0.6) is 46.0 Å². The molecule has 0 unspecified atom stereocenters. The number of fused-ring (bicyclic) bond motifs is 15. The molecule has 11 bridgehead atoms. The van der Waals surface area contributed by atoms with Crippen molar-refractivity contribution in [2.75, 3.05) is 32.1 Å². The third-order valence-corrected chi connectivity index (χ3v) is 23.0. The highest BCUT2D eigenvalue weighted by molar-refractivity contribution is 6.42. The Morgan fingerprint density at radius 3 is 2.03 bits per heavy atom. The lowest BCUT2D eigenvalue weighted by Crippen LogP contribution is -2.65. The number of phenolic OH excluding ortho intramolecular Hbond substituents is 3. The summed E-state index contributed by atoms with van der Waals surface area (Å²) >= 11 is 26.5. The number of nitrogens with zero attached hydrogens (tertiary/aromatic N) is 3. The number of hydrogen-bond donors (Lipinski definition) is 21. The van der Waals surface area contributed by atoms with Crippen molar-refractivity contribution in [3.8, 4) is 63.3 Å². The predicted molar refractivity (Wildman–Crippen MR) is 456 cm³/mol. The van der Waals surface area contributed by atoms with E-state index in [1.165, 1.54) is 55.2 Å². The highest BCUT2D eigenvalue weighted by Gasteiger charge is 2.52. The van der Waals surface area contributed by atoms with Gasteiger partial charge in [-0.05, 0) is 145 Å². The quantitative estimate of drug-likeness (QED) is 0.0187. The number of carbonyl (C=O) groups is 10. The highest BCUT2D eigenvalue weighted by Crippen LogP contribution is 2.50. The van der Waals surface area contributed by atoms with Crippen molar-refractivity contribution in [1.82, 2.24) is 62.9 Å². The molecule has 10 amide bonds. The summed E-state index contributed by atoms with van der Waals surface area (Å²) in [6.07, 6.45) is -14.5. The highest BCUT2D eigenvalue weighted by atomic mass is 35.5. The van der Waals surface area contributed by atoms with Gasteiger partial charge in [-0.15, -0.1) is 0 Å². The van der Waals surface area contributed by atoms with E-state index in [0.29, 0.717) is 10.6 Å². The molecule has 22 N–H and O–H groups in total. The van der Waals surface area contributed by atoms with Gasteiger partial charge in [0.1, 0.15) is 101 Å². The third kappa shape index (κ3) is 22.4. The average Bonchev–Trinajstić information content (AvgIpc) is 0.762. The fourth-order valence-electron chi connectivity index (χ4n) is 15.1. The van der Waals surface area contributed by atoms with Crippen LogP contribution >= 0.6 is 46.4 Å². The molecular weight excluding hydrogens is 1790 g/mol. The maximum absolute atomic E-state index is 16.4. The average molecular weight is 1880 g/mol. The molecule has 7 aliphatic rings. The SMILES string of the molecule is CN[C@H](CC(C)C)C(=O)N[C@H]1C(=O)N[C@@H](CC(N)=O)C(=O)N[C@H]2C(=O)N[C@H]3C(=O)N[C@H](C(=O)N[C@@H](C(=O)NOCC(=O)NC#N)c4cc(O)cc(O)c4-c4cc3ccc4O)[C@H](O)c3ccc(c(Cl)c3)Oc3cc2cc(c3O[C@@H]2O[C@H](CO)[C@@H](O)[C@H](O)[C@H]2O[C@H]2C[C@](C)(NCCn3ccc(NC(=O)C=Cc4ccc(Cl)c(Cl)c4)nc3=O)[C@H](O)[C@H](C)O2)Oc2ccc(cc2Cl)[C@H]1O. The number of aromatic hydroxyl groups is 3. The monoisotopic (exact) mass is 1880 g/mol. The molecule has 18 atom stereocenters.